The summed E-state index contributed by atoms with van der Waals surface area (Å²) in [5.74, 6) is -1.60. The van der Waals surface area contributed by atoms with Crippen LogP contribution < -0.4 is 5.32 Å². The Labute approximate surface area is 94.3 Å². The van der Waals surface area contributed by atoms with E-state index in [2.05, 4.69) is 5.32 Å². The molecule has 2 N–H and O–H groups in total. The first-order valence-electron chi connectivity index (χ1n) is 5.23. The predicted molar refractivity (Wildman–Crippen MR) is 60.9 cm³/mol. The van der Waals surface area contributed by atoms with Crippen molar-refractivity contribution in [1.82, 2.24) is 0 Å². The minimum atomic E-state index is -0.834. The molecule has 16 heavy (non-hydrogen) atoms. The lowest BCUT2D eigenvalue weighted by molar-refractivity contribution is -0.142. The Bertz CT molecular complexity index is 366. The van der Waals surface area contributed by atoms with Crippen molar-refractivity contribution in [2.75, 3.05) is 11.9 Å². The van der Waals surface area contributed by atoms with E-state index in [-0.39, 0.29) is 11.7 Å². The van der Waals surface area contributed by atoms with Gasteiger partial charge in [-0.3, -0.25) is 4.79 Å². The number of aliphatic carboxylic acids is 1. The summed E-state index contributed by atoms with van der Waals surface area (Å²) in [6.07, 6.45) is 0. The molecule has 0 saturated carbocycles. The van der Waals surface area contributed by atoms with Crippen molar-refractivity contribution in [3.8, 4) is 0 Å². The third-order valence-electron chi connectivity index (χ3n) is 2.47. The smallest absolute Gasteiger partial charge is 0.308 e. The highest BCUT2D eigenvalue weighted by Crippen LogP contribution is 2.14. The zero-order valence-electron chi connectivity index (χ0n) is 9.40. The second-order valence-corrected chi connectivity index (χ2v) is 4.08. The minimum Gasteiger partial charge on any atom is -0.481 e. The number of carboxylic acid groups (broad SMARTS) is 1. The lowest BCUT2D eigenvalue weighted by Crippen LogP contribution is -2.27. The van der Waals surface area contributed by atoms with Gasteiger partial charge in [-0.1, -0.05) is 19.9 Å². The molecular formula is C12H16FNO2. The largest absolute Gasteiger partial charge is 0.481 e. The van der Waals surface area contributed by atoms with Gasteiger partial charge in [0.05, 0.1) is 5.92 Å². The van der Waals surface area contributed by atoms with Crippen LogP contribution in [-0.2, 0) is 4.79 Å². The topological polar surface area (TPSA) is 49.3 Å². The van der Waals surface area contributed by atoms with Gasteiger partial charge in [0.25, 0.3) is 0 Å². The van der Waals surface area contributed by atoms with E-state index in [1.807, 2.05) is 13.8 Å². The summed E-state index contributed by atoms with van der Waals surface area (Å²) < 4.78 is 12.9. The van der Waals surface area contributed by atoms with Crippen molar-refractivity contribution in [2.24, 2.45) is 11.8 Å². The molecule has 0 aliphatic heterocycles. The number of anilines is 1. The second kappa shape index (κ2) is 5.49. The number of benzene rings is 1. The van der Waals surface area contributed by atoms with Crippen LogP contribution in [0.25, 0.3) is 0 Å². The first-order chi connectivity index (χ1) is 7.50. The molecule has 0 aromatic heterocycles. The summed E-state index contributed by atoms with van der Waals surface area (Å²) in [5.41, 5.74) is 0.604. The highest BCUT2D eigenvalue weighted by atomic mass is 19.1. The Kier molecular flexibility index (Phi) is 4.28. The summed E-state index contributed by atoms with van der Waals surface area (Å²) >= 11 is 0. The van der Waals surface area contributed by atoms with E-state index in [0.717, 1.165) is 0 Å². The summed E-state index contributed by atoms with van der Waals surface area (Å²) in [7, 11) is 0. The molecule has 0 aliphatic carbocycles. The monoisotopic (exact) mass is 225 g/mol. The van der Waals surface area contributed by atoms with Crippen LogP contribution in [0.2, 0.25) is 0 Å². The van der Waals surface area contributed by atoms with Gasteiger partial charge in [0.1, 0.15) is 5.82 Å². The number of carboxylic acids is 1. The van der Waals surface area contributed by atoms with Crippen molar-refractivity contribution in [1.29, 1.82) is 0 Å². The lowest BCUT2D eigenvalue weighted by atomic mass is 9.96. The molecule has 0 aliphatic rings. The standard InChI is InChI=1S/C12H16FNO2/c1-8(2)11(12(15)16)7-14-10-5-3-4-9(13)6-10/h3-6,8,11,14H,7H2,1-2H3,(H,15,16). The Morgan fingerprint density at radius 2 is 2.19 bits per heavy atom. The number of hydrogen-bond donors (Lipinski definition) is 2. The van der Waals surface area contributed by atoms with Gasteiger partial charge in [0, 0.05) is 12.2 Å². The maximum atomic E-state index is 12.9. The van der Waals surface area contributed by atoms with Crippen molar-refractivity contribution in [3.05, 3.63) is 30.1 Å². The highest BCUT2D eigenvalue weighted by molar-refractivity contribution is 5.71. The van der Waals surface area contributed by atoms with Crippen LogP contribution in [0.1, 0.15) is 13.8 Å². The normalized spacial score (nSPS) is 12.5. The molecule has 1 aromatic rings. The lowest BCUT2D eigenvalue weighted by Gasteiger charge is -2.17. The third-order valence-corrected chi connectivity index (χ3v) is 2.47. The average molecular weight is 225 g/mol. The van der Waals surface area contributed by atoms with Crippen LogP contribution in [0.4, 0.5) is 10.1 Å². The molecule has 3 nitrogen and oxygen atoms in total. The number of rotatable bonds is 5. The molecule has 1 unspecified atom stereocenters. The fourth-order valence-electron chi connectivity index (χ4n) is 1.43. The van der Waals surface area contributed by atoms with Gasteiger partial charge in [0.15, 0.2) is 0 Å². The van der Waals surface area contributed by atoms with Crippen molar-refractivity contribution in [2.45, 2.75) is 13.8 Å². The predicted octanol–water partition coefficient (Wildman–Crippen LogP) is 2.59. The molecule has 1 rings (SSSR count). The average Bonchev–Trinajstić information content (AvgIpc) is 2.16. The Morgan fingerprint density at radius 3 is 2.69 bits per heavy atom. The van der Waals surface area contributed by atoms with Crippen LogP contribution in [0.3, 0.4) is 0 Å². The van der Waals surface area contributed by atoms with E-state index in [0.29, 0.717) is 12.2 Å². The SMILES string of the molecule is CC(C)C(CNc1cccc(F)c1)C(=O)O. The van der Waals surface area contributed by atoms with Crippen LogP contribution in [0.15, 0.2) is 24.3 Å². The Balaban J connectivity index is 2.59. The third kappa shape index (κ3) is 3.53. The number of carbonyl (C=O) groups is 1. The van der Waals surface area contributed by atoms with Gasteiger partial charge in [-0.15, -0.1) is 0 Å². The van der Waals surface area contributed by atoms with Gasteiger partial charge in [-0.2, -0.15) is 0 Å². The maximum absolute atomic E-state index is 12.9. The van der Waals surface area contributed by atoms with E-state index in [1.165, 1.54) is 12.1 Å². The van der Waals surface area contributed by atoms with Gasteiger partial charge >= 0.3 is 5.97 Å². The highest BCUT2D eigenvalue weighted by Gasteiger charge is 2.20. The molecule has 0 saturated heterocycles. The zero-order chi connectivity index (χ0) is 12.1. The van der Waals surface area contributed by atoms with Crippen molar-refractivity contribution < 1.29 is 14.3 Å². The molecular weight excluding hydrogens is 209 g/mol. The quantitative estimate of drug-likeness (QED) is 0.809. The fourth-order valence-corrected chi connectivity index (χ4v) is 1.43. The zero-order valence-corrected chi connectivity index (χ0v) is 9.40. The van der Waals surface area contributed by atoms with Gasteiger partial charge < -0.3 is 10.4 Å². The van der Waals surface area contributed by atoms with Gasteiger partial charge in [-0.25, -0.2) is 4.39 Å². The molecule has 1 atom stereocenters. The van der Waals surface area contributed by atoms with Gasteiger partial charge in [0.2, 0.25) is 0 Å². The molecule has 0 heterocycles. The van der Waals surface area contributed by atoms with Crippen molar-refractivity contribution in [3.63, 3.8) is 0 Å². The molecule has 1 aromatic carbocycles. The molecule has 4 heteroatoms. The molecule has 0 amide bonds. The van der Waals surface area contributed by atoms with E-state index in [9.17, 15) is 9.18 Å². The van der Waals surface area contributed by atoms with E-state index < -0.39 is 11.9 Å². The number of halogens is 1. The van der Waals surface area contributed by atoms with Crippen LogP contribution in [0.5, 0.6) is 0 Å². The Morgan fingerprint density at radius 1 is 1.50 bits per heavy atom. The minimum absolute atomic E-state index is 0.0403. The first-order valence-corrected chi connectivity index (χ1v) is 5.23. The molecule has 0 spiro atoms. The van der Waals surface area contributed by atoms with E-state index in [4.69, 9.17) is 5.11 Å². The number of nitrogens with one attached hydrogen (secondary N) is 1. The fraction of sp³-hybridized carbons (Fsp3) is 0.417. The second-order valence-electron chi connectivity index (χ2n) is 4.08. The van der Waals surface area contributed by atoms with E-state index in [1.54, 1.807) is 12.1 Å². The maximum Gasteiger partial charge on any atom is 0.308 e. The van der Waals surface area contributed by atoms with Crippen LogP contribution >= 0.6 is 0 Å². The molecule has 0 bridgehead atoms. The number of hydrogen-bond acceptors (Lipinski definition) is 2. The molecule has 0 fully saturated rings. The summed E-state index contributed by atoms with van der Waals surface area (Å²) in [6.45, 7) is 4.01. The first kappa shape index (κ1) is 12.5. The summed E-state index contributed by atoms with van der Waals surface area (Å²) in [5, 5.41) is 11.9. The Hall–Kier alpha value is -1.58. The van der Waals surface area contributed by atoms with Crippen LogP contribution in [0, 0.1) is 17.7 Å². The summed E-state index contributed by atoms with van der Waals surface area (Å²) in [4.78, 5) is 10.9. The van der Waals surface area contributed by atoms with E-state index >= 15 is 0 Å². The van der Waals surface area contributed by atoms with Crippen LogP contribution in [-0.4, -0.2) is 17.6 Å². The van der Waals surface area contributed by atoms with Crippen molar-refractivity contribution >= 4 is 11.7 Å². The summed E-state index contributed by atoms with van der Waals surface area (Å²) in [6, 6.07) is 5.99. The molecule has 88 valence electrons. The molecule has 0 radical (unpaired) electrons. The van der Waals surface area contributed by atoms with Gasteiger partial charge in [-0.05, 0) is 24.1 Å².